The standard InChI is InChI=1S/C17H20F3NO3/c18-17(19,20)13-3-1-12(2-4-13)15(22)21-14-5-8-24-16(11-14)6-9-23-10-7-16/h1-4,14H,5-11H2,(H,21,22). The third-order valence-corrected chi connectivity index (χ3v) is 4.71. The summed E-state index contributed by atoms with van der Waals surface area (Å²) in [5.41, 5.74) is -0.768. The maximum absolute atomic E-state index is 12.6. The predicted octanol–water partition coefficient (Wildman–Crippen LogP) is 3.16. The first-order valence-electron chi connectivity index (χ1n) is 8.08. The van der Waals surface area contributed by atoms with E-state index in [1.807, 2.05) is 0 Å². The van der Waals surface area contributed by atoms with Gasteiger partial charge < -0.3 is 14.8 Å². The fourth-order valence-electron chi connectivity index (χ4n) is 3.32. The second-order valence-corrected chi connectivity index (χ2v) is 6.38. The van der Waals surface area contributed by atoms with Crippen molar-refractivity contribution in [3.8, 4) is 0 Å². The summed E-state index contributed by atoms with van der Waals surface area (Å²) in [5.74, 6) is -0.349. The largest absolute Gasteiger partial charge is 0.416 e. The number of benzene rings is 1. The number of hydrogen-bond acceptors (Lipinski definition) is 3. The molecule has 2 aliphatic rings. The fraction of sp³-hybridized carbons (Fsp3) is 0.588. The van der Waals surface area contributed by atoms with Gasteiger partial charge in [-0.25, -0.2) is 0 Å². The number of alkyl halides is 3. The van der Waals surface area contributed by atoms with Crippen molar-refractivity contribution in [1.82, 2.24) is 5.32 Å². The molecule has 1 amide bonds. The van der Waals surface area contributed by atoms with E-state index in [2.05, 4.69) is 5.32 Å². The topological polar surface area (TPSA) is 47.6 Å². The summed E-state index contributed by atoms with van der Waals surface area (Å²) >= 11 is 0. The van der Waals surface area contributed by atoms with Crippen LogP contribution >= 0.6 is 0 Å². The Bertz CT molecular complexity index is 574. The molecule has 1 atom stereocenters. The van der Waals surface area contributed by atoms with Crippen LogP contribution in [0.5, 0.6) is 0 Å². The summed E-state index contributed by atoms with van der Waals surface area (Å²) in [5, 5.41) is 2.92. The summed E-state index contributed by atoms with van der Waals surface area (Å²) in [6.07, 6.45) is -1.37. The zero-order valence-electron chi connectivity index (χ0n) is 13.2. The van der Waals surface area contributed by atoms with Gasteiger partial charge in [-0.1, -0.05) is 0 Å². The minimum atomic E-state index is -4.40. The highest BCUT2D eigenvalue weighted by atomic mass is 19.4. The maximum atomic E-state index is 12.6. The zero-order valence-corrected chi connectivity index (χ0v) is 13.2. The highest BCUT2D eigenvalue weighted by Gasteiger charge is 2.39. The van der Waals surface area contributed by atoms with Crippen LogP contribution < -0.4 is 5.32 Å². The molecule has 2 aliphatic heterocycles. The molecule has 0 radical (unpaired) electrons. The fourth-order valence-corrected chi connectivity index (χ4v) is 3.32. The molecule has 1 N–H and O–H groups in total. The van der Waals surface area contributed by atoms with Gasteiger partial charge in [-0.05, 0) is 49.9 Å². The van der Waals surface area contributed by atoms with Crippen molar-refractivity contribution in [2.75, 3.05) is 19.8 Å². The van der Waals surface area contributed by atoms with Crippen molar-refractivity contribution in [2.24, 2.45) is 0 Å². The molecule has 2 fully saturated rings. The van der Waals surface area contributed by atoms with E-state index in [0.717, 1.165) is 25.0 Å². The van der Waals surface area contributed by atoms with Gasteiger partial charge in [0.2, 0.25) is 0 Å². The van der Waals surface area contributed by atoms with Gasteiger partial charge >= 0.3 is 6.18 Å². The average Bonchev–Trinajstić information content (AvgIpc) is 2.55. The Morgan fingerprint density at radius 1 is 1.12 bits per heavy atom. The van der Waals surface area contributed by atoms with E-state index < -0.39 is 11.7 Å². The number of hydrogen-bond donors (Lipinski definition) is 1. The summed E-state index contributed by atoms with van der Waals surface area (Å²) < 4.78 is 49.0. The third-order valence-electron chi connectivity index (χ3n) is 4.71. The smallest absolute Gasteiger partial charge is 0.381 e. The number of carbonyl (C=O) groups excluding carboxylic acids is 1. The van der Waals surface area contributed by atoms with Crippen molar-refractivity contribution in [3.05, 3.63) is 35.4 Å². The van der Waals surface area contributed by atoms with Gasteiger partial charge in [0.1, 0.15) is 0 Å². The van der Waals surface area contributed by atoms with Crippen molar-refractivity contribution >= 4 is 5.91 Å². The molecule has 4 nitrogen and oxygen atoms in total. The lowest BCUT2D eigenvalue weighted by atomic mass is 9.84. The van der Waals surface area contributed by atoms with Crippen LogP contribution in [0.2, 0.25) is 0 Å². The molecule has 1 unspecified atom stereocenters. The second-order valence-electron chi connectivity index (χ2n) is 6.38. The molecular formula is C17H20F3NO3. The van der Waals surface area contributed by atoms with Crippen molar-refractivity contribution in [1.29, 1.82) is 0 Å². The summed E-state index contributed by atoms with van der Waals surface area (Å²) in [6.45, 7) is 1.87. The number of rotatable bonds is 2. The van der Waals surface area contributed by atoms with Gasteiger partial charge in [0.05, 0.1) is 11.2 Å². The molecular weight excluding hydrogens is 323 g/mol. The van der Waals surface area contributed by atoms with Crippen LogP contribution in [-0.4, -0.2) is 37.4 Å². The van der Waals surface area contributed by atoms with E-state index in [1.165, 1.54) is 12.1 Å². The predicted molar refractivity (Wildman–Crippen MR) is 80.7 cm³/mol. The van der Waals surface area contributed by atoms with Crippen molar-refractivity contribution in [2.45, 2.75) is 43.5 Å². The van der Waals surface area contributed by atoms with E-state index >= 15 is 0 Å². The van der Waals surface area contributed by atoms with Crippen LogP contribution in [0.25, 0.3) is 0 Å². The van der Waals surface area contributed by atoms with E-state index in [0.29, 0.717) is 32.7 Å². The van der Waals surface area contributed by atoms with E-state index in [9.17, 15) is 18.0 Å². The molecule has 0 bridgehead atoms. The molecule has 132 valence electrons. The number of carbonyl (C=O) groups is 1. The van der Waals surface area contributed by atoms with Gasteiger partial charge in [0, 0.05) is 31.4 Å². The molecule has 1 aromatic rings. The quantitative estimate of drug-likeness (QED) is 0.897. The Morgan fingerprint density at radius 2 is 1.79 bits per heavy atom. The number of nitrogens with one attached hydrogen (secondary N) is 1. The zero-order chi connectivity index (χ0) is 17.2. The second kappa shape index (κ2) is 6.72. The van der Waals surface area contributed by atoms with E-state index in [1.54, 1.807) is 0 Å². The Hall–Kier alpha value is -1.60. The Morgan fingerprint density at radius 3 is 2.42 bits per heavy atom. The average molecular weight is 343 g/mol. The van der Waals surface area contributed by atoms with Crippen LogP contribution in [0, 0.1) is 0 Å². The van der Waals surface area contributed by atoms with Gasteiger partial charge in [0.15, 0.2) is 0 Å². The summed E-state index contributed by atoms with van der Waals surface area (Å²) in [4.78, 5) is 12.3. The third kappa shape index (κ3) is 3.89. The maximum Gasteiger partial charge on any atom is 0.416 e. The van der Waals surface area contributed by atoms with Crippen LogP contribution in [0.15, 0.2) is 24.3 Å². The van der Waals surface area contributed by atoms with Crippen LogP contribution in [0.3, 0.4) is 0 Å². The molecule has 7 heteroatoms. The molecule has 2 saturated heterocycles. The minimum Gasteiger partial charge on any atom is -0.381 e. The van der Waals surface area contributed by atoms with Crippen LogP contribution in [0.1, 0.15) is 41.6 Å². The molecule has 24 heavy (non-hydrogen) atoms. The molecule has 2 heterocycles. The van der Waals surface area contributed by atoms with Gasteiger partial charge in [-0.15, -0.1) is 0 Å². The lowest BCUT2D eigenvalue weighted by Gasteiger charge is -2.43. The lowest BCUT2D eigenvalue weighted by molar-refractivity contribution is -0.139. The number of amides is 1. The minimum absolute atomic E-state index is 0.0355. The summed E-state index contributed by atoms with van der Waals surface area (Å²) in [6, 6.07) is 4.24. The van der Waals surface area contributed by atoms with Crippen LogP contribution in [0.4, 0.5) is 13.2 Å². The highest BCUT2D eigenvalue weighted by molar-refractivity contribution is 5.94. The Kier molecular flexibility index (Phi) is 4.83. The van der Waals surface area contributed by atoms with Gasteiger partial charge in [-0.3, -0.25) is 4.79 Å². The molecule has 0 saturated carbocycles. The molecule has 0 aliphatic carbocycles. The molecule has 1 aromatic carbocycles. The normalized spacial score (nSPS) is 23.9. The van der Waals surface area contributed by atoms with Crippen molar-refractivity contribution in [3.63, 3.8) is 0 Å². The van der Waals surface area contributed by atoms with E-state index in [-0.39, 0.29) is 23.1 Å². The Balaban J connectivity index is 1.62. The summed E-state index contributed by atoms with van der Waals surface area (Å²) in [7, 11) is 0. The van der Waals surface area contributed by atoms with Crippen molar-refractivity contribution < 1.29 is 27.4 Å². The molecule has 1 spiro atoms. The van der Waals surface area contributed by atoms with Gasteiger partial charge in [-0.2, -0.15) is 13.2 Å². The first-order valence-corrected chi connectivity index (χ1v) is 8.08. The first-order chi connectivity index (χ1) is 11.4. The lowest BCUT2D eigenvalue weighted by Crippen LogP contribution is -2.51. The SMILES string of the molecule is O=C(NC1CCOC2(CCOCC2)C1)c1ccc(C(F)(F)F)cc1. The van der Waals surface area contributed by atoms with Gasteiger partial charge in [0.25, 0.3) is 5.91 Å². The van der Waals surface area contributed by atoms with Crippen LogP contribution in [-0.2, 0) is 15.7 Å². The highest BCUT2D eigenvalue weighted by Crippen LogP contribution is 2.34. The molecule has 3 rings (SSSR count). The molecule has 0 aromatic heterocycles. The Labute approximate surface area is 138 Å². The number of halogens is 3. The number of ether oxygens (including phenoxy) is 2. The monoisotopic (exact) mass is 343 g/mol. The van der Waals surface area contributed by atoms with E-state index in [4.69, 9.17) is 9.47 Å². The first kappa shape index (κ1) is 17.2.